The lowest BCUT2D eigenvalue weighted by Gasteiger charge is -2.36. The lowest BCUT2D eigenvalue weighted by molar-refractivity contribution is -0.00177. The predicted molar refractivity (Wildman–Crippen MR) is 137 cm³/mol. The van der Waals surface area contributed by atoms with E-state index in [0.29, 0.717) is 28.6 Å². The van der Waals surface area contributed by atoms with Gasteiger partial charge in [0, 0.05) is 18.8 Å². The minimum Gasteiger partial charge on any atom is -0.387 e. The normalized spacial score (nSPS) is 18.0. The first-order valence-electron chi connectivity index (χ1n) is 12.3. The Morgan fingerprint density at radius 3 is 2.82 bits per heavy atom. The fraction of sp³-hybridized carbons (Fsp3) is 0.385. The molecule has 38 heavy (non-hydrogen) atoms. The zero-order valence-electron chi connectivity index (χ0n) is 21.0. The summed E-state index contributed by atoms with van der Waals surface area (Å²) in [6, 6.07) is 9.43. The van der Waals surface area contributed by atoms with Crippen LogP contribution in [0.25, 0.3) is 16.9 Å². The number of nitrogens with one attached hydrogen (secondary N) is 2. The average molecular weight is 518 g/mol. The molecule has 0 bridgehead atoms. The van der Waals surface area contributed by atoms with Crippen molar-refractivity contribution in [1.29, 1.82) is 5.26 Å². The third-order valence-electron chi connectivity index (χ3n) is 6.76. The first kappa shape index (κ1) is 25.3. The van der Waals surface area contributed by atoms with Crippen molar-refractivity contribution in [3.05, 3.63) is 60.4 Å². The van der Waals surface area contributed by atoms with Crippen LogP contribution in [0.2, 0.25) is 0 Å². The van der Waals surface area contributed by atoms with Gasteiger partial charge in [-0.2, -0.15) is 15.5 Å². The molecule has 0 aromatic carbocycles. The Kier molecular flexibility index (Phi) is 6.77. The van der Waals surface area contributed by atoms with E-state index in [1.165, 1.54) is 32.6 Å². The molecule has 4 aromatic heterocycles. The minimum absolute atomic E-state index is 0.135. The van der Waals surface area contributed by atoms with Crippen LogP contribution in [-0.4, -0.2) is 64.7 Å². The number of nitriles is 1. The molecule has 0 radical (unpaired) electrons. The summed E-state index contributed by atoms with van der Waals surface area (Å²) in [6.07, 6.45) is 6.29. The van der Waals surface area contributed by atoms with Crippen LogP contribution >= 0.6 is 0 Å². The van der Waals surface area contributed by atoms with E-state index in [4.69, 9.17) is 5.26 Å². The molecule has 5 rings (SSSR count). The van der Waals surface area contributed by atoms with Gasteiger partial charge in [-0.3, -0.25) is 14.5 Å². The summed E-state index contributed by atoms with van der Waals surface area (Å²) in [7, 11) is 0. The number of halogens is 1. The van der Waals surface area contributed by atoms with E-state index >= 15 is 0 Å². The zero-order valence-corrected chi connectivity index (χ0v) is 21.0. The highest BCUT2D eigenvalue weighted by atomic mass is 19.1. The largest absolute Gasteiger partial charge is 0.387 e. The molecule has 1 aliphatic rings. The highest BCUT2D eigenvalue weighted by Crippen LogP contribution is 2.33. The fourth-order valence-electron chi connectivity index (χ4n) is 4.49. The van der Waals surface area contributed by atoms with Crippen LogP contribution in [0.3, 0.4) is 0 Å². The zero-order chi connectivity index (χ0) is 26.9. The second-order valence-corrected chi connectivity index (χ2v) is 10.2. The summed E-state index contributed by atoms with van der Waals surface area (Å²) in [5.74, 6) is -0.0614. The molecule has 196 valence electrons. The maximum absolute atomic E-state index is 14.3. The number of alkyl halides is 1. The molecule has 1 unspecified atom stereocenters. The lowest BCUT2D eigenvalue weighted by Crippen LogP contribution is -2.42. The number of carbonyl (C=O) groups is 1. The van der Waals surface area contributed by atoms with Crippen molar-refractivity contribution in [2.45, 2.75) is 51.0 Å². The van der Waals surface area contributed by atoms with Gasteiger partial charge in [0.2, 0.25) is 0 Å². The van der Waals surface area contributed by atoms with Crippen molar-refractivity contribution < 1.29 is 14.3 Å². The van der Waals surface area contributed by atoms with Crippen molar-refractivity contribution in [3.63, 3.8) is 0 Å². The number of aromatic nitrogens is 6. The van der Waals surface area contributed by atoms with Crippen LogP contribution in [-0.2, 0) is 6.54 Å². The average Bonchev–Trinajstić information content (AvgIpc) is 3.54. The lowest BCUT2D eigenvalue weighted by atomic mass is 9.80. The molecular weight excluding hydrogens is 489 g/mol. The number of anilines is 1. The van der Waals surface area contributed by atoms with E-state index in [0.717, 1.165) is 24.9 Å². The minimum atomic E-state index is -1.63. The quantitative estimate of drug-likeness (QED) is 0.307. The third-order valence-corrected chi connectivity index (χ3v) is 6.76. The number of fused-ring (bicyclic) bond motifs is 1. The SMILES string of the molecule is CC(C)(O)C(F)CNC(=O)c1cnc(-c2ccc3cc(C#N)cnn23)cc1NC1CC(Cn2cncn2)C1. The van der Waals surface area contributed by atoms with Crippen molar-refractivity contribution in [1.82, 2.24) is 34.7 Å². The molecule has 0 saturated heterocycles. The van der Waals surface area contributed by atoms with Gasteiger partial charge in [0.05, 0.1) is 52.1 Å². The maximum atomic E-state index is 14.3. The van der Waals surface area contributed by atoms with Gasteiger partial charge in [0.15, 0.2) is 0 Å². The van der Waals surface area contributed by atoms with Gasteiger partial charge in [0.25, 0.3) is 5.91 Å². The molecule has 0 spiro atoms. The van der Waals surface area contributed by atoms with Crippen LogP contribution in [0.15, 0.2) is 49.3 Å². The summed E-state index contributed by atoms with van der Waals surface area (Å²) in [5.41, 5.74) is 1.74. The van der Waals surface area contributed by atoms with Crippen LogP contribution < -0.4 is 10.6 Å². The van der Waals surface area contributed by atoms with Gasteiger partial charge in [-0.05, 0) is 56.9 Å². The number of hydrogen-bond acceptors (Lipinski definition) is 8. The Labute approximate surface area is 218 Å². The summed E-state index contributed by atoms with van der Waals surface area (Å²) >= 11 is 0. The highest BCUT2D eigenvalue weighted by Gasteiger charge is 2.31. The number of hydrogen-bond donors (Lipinski definition) is 3. The molecular formula is C26H28FN9O2. The summed E-state index contributed by atoms with van der Waals surface area (Å²) < 4.78 is 17.8. The van der Waals surface area contributed by atoms with Gasteiger partial charge < -0.3 is 15.7 Å². The topological polar surface area (TPSA) is 146 Å². The van der Waals surface area contributed by atoms with Gasteiger partial charge in [-0.15, -0.1) is 0 Å². The maximum Gasteiger partial charge on any atom is 0.255 e. The standard InChI is InChI=1S/C26H28FN9O2/c1-26(2,38)24(27)12-31-25(37)20-11-30-22(23-4-3-19-7-17(9-28)10-32-36(19)23)8-21(20)34-18-5-16(6-18)13-35-15-29-14-33-35/h3-4,7-8,10-11,14-16,18,24,38H,5-6,12-13H2,1-2H3,(H,30,34)(H,31,37). The molecule has 11 nitrogen and oxygen atoms in total. The molecule has 3 N–H and O–H groups in total. The summed E-state index contributed by atoms with van der Waals surface area (Å²) in [6.45, 7) is 3.15. The molecule has 1 fully saturated rings. The Balaban J connectivity index is 1.38. The van der Waals surface area contributed by atoms with E-state index in [1.807, 2.05) is 16.8 Å². The molecule has 1 atom stereocenters. The van der Waals surface area contributed by atoms with Crippen molar-refractivity contribution >= 4 is 17.1 Å². The van der Waals surface area contributed by atoms with E-state index in [2.05, 4.69) is 36.9 Å². The Morgan fingerprint density at radius 2 is 2.11 bits per heavy atom. The third kappa shape index (κ3) is 5.33. The first-order valence-corrected chi connectivity index (χ1v) is 12.3. The predicted octanol–water partition coefficient (Wildman–Crippen LogP) is 2.59. The van der Waals surface area contributed by atoms with Crippen LogP contribution in [0.1, 0.15) is 42.6 Å². The molecule has 1 amide bonds. The van der Waals surface area contributed by atoms with Crippen molar-refractivity contribution in [2.24, 2.45) is 5.92 Å². The van der Waals surface area contributed by atoms with Crippen molar-refractivity contribution in [2.75, 3.05) is 11.9 Å². The van der Waals surface area contributed by atoms with Crippen molar-refractivity contribution in [3.8, 4) is 17.5 Å². The van der Waals surface area contributed by atoms with E-state index in [-0.39, 0.29) is 18.2 Å². The molecule has 4 aromatic rings. The first-order chi connectivity index (χ1) is 18.2. The molecule has 1 saturated carbocycles. The number of nitrogens with zero attached hydrogens (tertiary/aromatic N) is 7. The number of aliphatic hydroxyl groups is 1. The van der Waals surface area contributed by atoms with E-state index in [1.54, 1.807) is 23.0 Å². The smallest absolute Gasteiger partial charge is 0.255 e. The Morgan fingerprint density at radius 1 is 1.29 bits per heavy atom. The molecule has 0 aliphatic heterocycles. The highest BCUT2D eigenvalue weighted by molar-refractivity contribution is 6.00. The van der Waals surface area contributed by atoms with Gasteiger partial charge >= 0.3 is 0 Å². The molecule has 12 heteroatoms. The van der Waals surface area contributed by atoms with Crippen LogP contribution in [0, 0.1) is 17.2 Å². The number of pyridine rings is 1. The summed E-state index contributed by atoms with van der Waals surface area (Å²) in [5, 5.41) is 33.6. The van der Waals surface area contributed by atoms with Crippen LogP contribution in [0.5, 0.6) is 0 Å². The molecule has 4 heterocycles. The number of carbonyl (C=O) groups excluding carboxylic acids is 1. The van der Waals surface area contributed by atoms with Gasteiger partial charge in [0.1, 0.15) is 24.9 Å². The Bertz CT molecular complexity index is 1480. The van der Waals surface area contributed by atoms with E-state index < -0.39 is 17.7 Å². The fourth-order valence-corrected chi connectivity index (χ4v) is 4.49. The second kappa shape index (κ2) is 10.2. The number of rotatable bonds is 9. The summed E-state index contributed by atoms with van der Waals surface area (Å²) in [4.78, 5) is 21.5. The second-order valence-electron chi connectivity index (χ2n) is 10.2. The van der Waals surface area contributed by atoms with E-state index in [9.17, 15) is 14.3 Å². The van der Waals surface area contributed by atoms with Crippen LogP contribution in [0.4, 0.5) is 10.1 Å². The monoisotopic (exact) mass is 517 g/mol. The Hall–Kier alpha value is -4.37. The van der Waals surface area contributed by atoms with Gasteiger partial charge in [-0.1, -0.05) is 0 Å². The number of amides is 1. The van der Waals surface area contributed by atoms with Gasteiger partial charge in [-0.25, -0.2) is 13.9 Å². The molecule has 1 aliphatic carbocycles.